The molecule has 0 bridgehead atoms. The number of benzene rings is 1. The molecule has 1 unspecified atom stereocenters. The van der Waals surface area contributed by atoms with Crippen molar-refractivity contribution >= 4 is 27.5 Å². The molecule has 1 aromatic carbocycles. The van der Waals surface area contributed by atoms with Crippen LogP contribution in [0.5, 0.6) is 0 Å². The van der Waals surface area contributed by atoms with E-state index in [9.17, 15) is 4.79 Å². The highest BCUT2D eigenvalue weighted by atomic mass is 79.9. The second-order valence-corrected chi connectivity index (χ2v) is 5.28. The topological polar surface area (TPSA) is 50.4 Å². The monoisotopic (exact) mass is 328 g/mol. The summed E-state index contributed by atoms with van der Waals surface area (Å²) in [6.07, 6.45) is 0.928. The highest BCUT2D eigenvalue weighted by Crippen LogP contribution is 2.25. The quantitative estimate of drug-likeness (QED) is 0.809. The van der Waals surface area contributed by atoms with Crippen molar-refractivity contribution in [1.82, 2.24) is 5.32 Å². The minimum atomic E-state index is -0.00214. The van der Waals surface area contributed by atoms with Crippen LogP contribution >= 0.6 is 15.9 Å². The first-order valence-electron chi connectivity index (χ1n) is 6.38. The lowest BCUT2D eigenvalue weighted by Gasteiger charge is -2.15. The first-order valence-corrected chi connectivity index (χ1v) is 7.17. The number of amides is 1. The predicted octanol–water partition coefficient (Wildman–Crippen LogP) is 2.92. The Kier molecular flexibility index (Phi) is 6.87. The Morgan fingerprint density at radius 2 is 2.21 bits per heavy atom. The maximum Gasteiger partial charge on any atom is 0.239 e. The molecule has 0 aliphatic rings. The third-order valence-corrected chi connectivity index (χ3v) is 3.61. The largest absolute Gasteiger partial charge is 0.380 e. The molecule has 19 heavy (non-hydrogen) atoms. The van der Waals surface area contributed by atoms with Crippen LogP contribution in [0.25, 0.3) is 0 Å². The molecular formula is C14H21BrN2O2. The molecule has 1 amide bonds. The van der Waals surface area contributed by atoms with Crippen molar-refractivity contribution in [2.24, 2.45) is 0 Å². The molecule has 1 rings (SSSR count). The van der Waals surface area contributed by atoms with Crippen molar-refractivity contribution in [2.45, 2.75) is 32.9 Å². The van der Waals surface area contributed by atoms with Crippen LogP contribution in [0.15, 0.2) is 22.7 Å². The summed E-state index contributed by atoms with van der Waals surface area (Å²) in [7, 11) is 1.65. The average Bonchev–Trinajstić information content (AvgIpc) is 2.39. The number of nitrogens with one attached hydrogen (secondary N) is 2. The first kappa shape index (κ1) is 16.0. The van der Waals surface area contributed by atoms with E-state index in [1.54, 1.807) is 7.11 Å². The average molecular weight is 329 g/mol. The molecule has 0 aliphatic heterocycles. The van der Waals surface area contributed by atoms with Crippen molar-refractivity contribution in [2.75, 3.05) is 19.0 Å². The van der Waals surface area contributed by atoms with Gasteiger partial charge in [-0.1, -0.05) is 28.9 Å². The number of hydrogen-bond donors (Lipinski definition) is 2. The number of anilines is 1. The molecule has 0 saturated carbocycles. The molecule has 1 atom stereocenters. The van der Waals surface area contributed by atoms with Gasteiger partial charge < -0.3 is 15.4 Å². The molecule has 0 saturated heterocycles. The van der Waals surface area contributed by atoms with E-state index < -0.39 is 0 Å². The van der Waals surface area contributed by atoms with Gasteiger partial charge in [-0.05, 0) is 25.5 Å². The number of ether oxygens (including phenoxy) is 1. The molecule has 5 heteroatoms. The number of hydrogen-bond acceptors (Lipinski definition) is 3. The lowest BCUT2D eigenvalue weighted by molar-refractivity contribution is -0.120. The first-order chi connectivity index (χ1) is 9.08. The lowest BCUT2D eigenvalue weighted by Crippen LogP contribution is -2.36. The van der Waals surface area contributed by atoms with Gasteiger partial charge in [-0.2, -0.15) is 0 Å². The van der Waals surface area contributed by atoms with Gasteiger partial charge in [0, 0.05) is 28.9 Å². The Balaban J connectivity index is 2.62. The summed E-state index contributed by atoms with van der Waals surface area (Å²) in [4.78, 5) is 11.7. The van der Waals surface area contributed by atoms with Gasteiger partial charge in [0.1, 0.15) is 0 Å². The van der Waals surface area contributed by atoms with Gasteiger partial charge in [0.25, 0.3) is 0 Å². The fourth-order valence-electron chi connectivity index (χ4n) is 1.62. The second-order valence-electron chi connectivity index (χ2n) is 4.43. The summed E-state index contributed by atoms with van der Waals surface area (Å²) in [6.45, 7) is 4.80. The number of carbonyl (C=O) groups excluding carboxylic acids is 1. The third-order valence-electron chi connectivity index (χ3n) is 2.87. The number of carbonyl (C=O) groups is 1. The number of methoxy groups -OCH3 is 1. The van der Waals surface area contributed by atoms with Crippen LogP contribution in [0, 0.1) is 0 Å². The molecule has 0 heterocycles. The van der Waals surface area contributed by atoms with Crippen molar-refractivity contribution in [3.8, 4) is 0 Å². The summed E-state index contributed by atoms with van der Waals surface area (Å²) in [6, 6.07) is 6.03. The van der Waals surface area contributed by atoms with E-state index >= 15 is 0 Å². The van der Waals surface area contributed by atoms with Gasteiger partial charge in [-0.25, -0.2) is 0 Å². The molecule has 0 fully saturated rings. The zero-order valence-corrected chi connectivity index (χ0v) is 13.2. The highest BCUT2D eigenvalue weighted by Gasteiger charge is 2.09. The van der Waals surface area contributed by atoms with E-state index in [1.807, 2.05) is 32.0 Å². The summed E-state index contributed by atoms with van der Waals surface area (Å²) < 4.78 is 6.14. The van der Waals surface area contributed by atoms with Gasteiger partial charge in [-0.3, -0.25) is 4.79 Å². The SMILES string of the molecule is CCC(C)NC(=O)CNc1cccc(Br)c1COC. The van der Waals surface area contributed by atoms with Crippen LogP contribution < -0.4 is 10.6 Å². The fraction of sp³-hybridized carbons (Fsp3) is 0.500. The van der Waals surface area contributed by atoms with Gasteiger partial charge in [0.15, 0.2) is 0 Å². The van der Waals surface area contributed by atoms with Gasteiger partial charge in [0.05, 0.1) is 13.2 Å². The molecule has 0 spiro atoms. The predicted molar refractivity (Wildman–Crippen MR) is 81.2 cm³/mol. The summed E-state index contributed by atoms with van der Waals surface area (Å²) in [5.74, 6) is -0.00214. The van der Waals surface area contributed by atoms with Gasteiger partial charge in [0.2, 0.25) is 5.91 Å². The van der Waals surface area contributed by atoms with Crippen LogP contribution in [0.2, 0.25) is 0 Å². The molecule has 0 radical (unpaired) electrons. The smallest absolute Gasteiger partial charge is 0.239 e. The summed E-state index contributed by atoms with van der Waals surface area (Å²) in [5.41, 5.74) is 1.93. The van der Waals surface area contributed by atoms with E-state index in [-0.39, 0.29) is 18.5 Å². The molecule has 0 aliphatic carbocycles. The van der Waals surface area contributed by atoms with Crippen molar-refractivity contribution in [3.05, 3.63) is 28.2 Å². The van der Waals surface area contributed by atoms with E-state index in [2.05, 4.69) is 26.6 Å². The van der Waals surface area contributed by atoms with E-state index in [4.69, 9.17) is 4.74 Å². The molecule has 106 valence electrons. The molecule has 1 aromatic rings. The number of rotatable bonds is 7. The summed E-state index contributed by atoms with van der Waals surface area (Å²) in [5, 5.41) is 6.07. The van der Waals surface area contributed by atoms with Crippen LogP contribution in [0.1, 0.15) is 25.8 Å². The molecule has 2 N–H and O–H groups in total. The van der Waals surface area contributed by atoms with Crippen LogP contribution in [0.4, 0.5) is 5.69 Å². The molecule has 4 nitrogen and oxygen atoms in total. The van der Waals surface area contributed by atoms with Crippen LogP contribution in [-0.2, 0) is 16.1 Å². The minimum absolute atomic E-state index is 0.00214. The Morgan fingerprint density at radius 3 is 2.84 bits per heavy atom. The second kappa shape index (κ2) is 8.17. The zero-order valence-electron chi connectivity index (χ0n) is 11.6. The standard InChI is InChI=1S/C14H21BrN2O2/c1-4-10(2)17-14(18)8-16-13-7-5-6-12(15)11(13)9-19-3/h5-7,10,16H,4,8-9H2,1-3H3,(H,17,18). The fourth-order valence-corrected chi connectivity index (χ4v) is 2.10. The normalized spacial score (nSPS) is 12.0. The van der Waals surface area contributed by atoms with Crippen LogP contribution in [0.3, 0.4) is 0 Å². The van der Waals surface area contributed by atoms with Crippen molar-refractivity contribution < 1.29 is 9.53 Å². The summed E-state index contributed by atoms with van der Waals surface area (Å²) >= 11 is 3.49. The van der Waals surface area contributed by atoms with Crippen molar-refractivity contribution in [1.29, 1.82) is 0 Å². The van der Waals surface area contributed by atoms with E-state index in [0.29, 0.717) is 6.61 Å². The zero-order chi connectivity index (χ0) is 14.3. The van der Waals surface area contributed by atoms with Crippen molar-refractivity contribution in [3.63, 3.8) is 0 Å². The highest BCUT2D eigenvalue weighted by molar-refractivity contribution is 9.10. The minimum Gasteiger partial charge on any atom is -0.380 e. The van der Waals surface area contributed by atoms with Gasteiger partial charge in [-0.15, -0.1) is 0 Å². The number of halogens is 1. The lowest BCUT2D eigenvalue weighted by atomic mass is 10.2. The Hall–Kier alpha value is -1.07. The molecular weight excluding hydrogens is 308 g/mol. The third kappa shape index (κ3) is 5.20. The van der Waals surface area contributed by atoms with E-state index in [0.717, 1.165) is 22.1 Å². The van der Waals surface area contributed by atoms with Crippen LogP contribution in [-0.4, -0.2) is 25.6 Å². The maximum absolute atomic E-state index is 11.7. The Morgan fingerprint density at radius 1 is 1.47 bits per heavy atom. The maximum atomic E-state index is 11.7. The molecule has 0 aromatic heterocycles. The Labute approximate surface area is 123 Å². The van der Waals surface area contributed by atoms with E-state index in [1.165, 1.54) is 0 Å². The Bertz CT molecular complexity index is 424. The van der Waals surface area contributed by atoms with Gasteiger partial charge >= 0.3 is 0 Å².